The zero-order valence-electron chi connectivity index (χ0n) is 17.9. The Morgan fingerprint density at radius 3 is 2.69 bits per heavy atom. The third kappa shape index (κ3) is 2.42. The molecule has 154 valence electrons. The van der Waals surface area contributed by atoms with Gasteiger partial charge in [-0.05, 0) is 91.6 Å². The van der Waals surface area contributed by atoms with Crippen LogP contribution in [-0.2, 0) is 4.79 Å². The summed E-state index contributed by atoms with van der Waals surface area (Å²) in [6.07, 6.45) is 13.0. The van der Waals surface area contributed by atoms with Crippen LogP contribution in [0.4, 0.5) is 0 Å². The molecule has 3 nitrogen and oxygen atoms in total. The topological polar surface area (TPSA) is 34.9 Å². The Balaban J connectivity index is 1.33. The molecule has 0 saturated heterocycles. The van der Waals surface area contributed by atoms with E-state index in [1.54, 1.807) is 0 Å². The van der Waals surface area contributed by atoms with Gasteiger partial charge in [-0.3, -0.25) is 4.79 Å². The molecular formula is C26H34N2O. The number of para-hydroxylation sites is 2. The van der Waals surface area contributed by atoms with Gasteiger partial charge < -0.3 is 4.57 Å². The minimum Gasteiger partial charge on any atom is -0.327 e. The fourth-order valence-corrected chi connectivity index (χ4v) is 8.70. The smallest absolute Gasteiger partial charge is 0.133 e. The Morgan fingerprint density at radius 1 is 0.966 bits per heavy atom. The highest BCUT2D eigenvalue weighted by Crippen LogP contribution is 2.68. The highest BCUT2D eigenvalue weighted by molar-refractivity contribution is 5.79. The van der Waals surface area contributed by atoms with Crippen molar-refractivity contribution in [1.29, 1.82) is 0 Å². The van der Waals surface area contributed by atoms with Crippen molar-refractivity contribution in [2.75, 3.05) is 0 Å². The van der Waals surface area contributed by atoms with Crippen molar-refractivity contribution in [2.45, 2.75) is 77.7 Å². The first-order chi connectivity index (χ1) is 14.0. The highest BCUT2D eigenvalue weighted by atomic mass is 16.1. The van der Waals surface area contributed by atoms with Crippen molar-refractivity contribution in [1.82, 2.24) is 9.55 Å². The molecule has 1 heterocycles. The molecule has 3 heteroatoms. The van der Waals surface area contributed by atoms with Crippen LogP contribution in [0.2, 0.25) is 0 Å². The van der Waals surface area contributed by atoms with Crippen molar-refractivity contribution in [3.63, 3.8) is 0 Å². The number of aromatic nitrogens is 2. The summed E-state index contributed by atoms with van der Waals surface area (Å²) in [6, 6.07) is 9.22. The van der Waals surface area contributed by atoms with E-state index in [0.717, 1.165) is 42.5 Å². The fraction of sp³-hybridized carbons (Fsp3) is 0.692. The lowest BCUT2D eigenvalue weighted by atomic mass is 9.45. The van der Waals surface area contributed by atoms with Crippen LogP contribution in [0.3, 0.4) is 0 Å². The minimum absolute atomic E-state index is 0.387. The number of imidazole rings is 1. The molecule has 4 fully saturated rings. The molecule has 1 aromatic heterocycles. The molecule has 6 unspecified atom stereocenters. The summed E-state index contributed by atoms with van der Waals surface area (Å²) in [5.74, 6) is 3.72. The van der Waals surface area contributed by atoms with Gasteiger partial charge in [-0.2, -0.15) is 0 Å². The fourth-order valence-electron chi connectivity index (χ4n) is 8.70. The van der Waals surface area contributed by atoms with E-state index in [1.807, 2.05) is 0 Å². The molecule has 0 bridgehead atoms. The van der Waals surface area contributed by atoms with Crippen molar-refractivity contribution in [2.24, 2.45) is 34.5 Å². The van der Waals surface area contributed by atoms with Crippen LogP contribution in [-0.4, -0.2) is 15.3 Å². The molecule has 0 spiro atoms. The van der Waals surface area contributed by atoms with Crippen molar-refractivity contribution in [3.8, 4) is 0 Å². The maximum absolute atomic E-state index is 12.1. The van der Waals surface area contributed by atoms with Gasteiger partial charge >= 0.3 is 0 Å². The number of Topliss-reactive ketones (excluding diaryl/α,β-unsaturated/α-hetero) is 1. The van der Waals surface area contributed by atoms with E-state index in [0.29, 0.717) is 28.6 Å². The first-order valence-corrected chi connectivity index (χ1v) is 11.9. The van der Waals surface area contributed by atoms with Crippen LogP contribution in [0.15, 0.2) is 30.6 Å². The van der Waals surface area contributed by atoms with Crippen LogP contribution in [0, 0.1) is 34.5 Å². The van der Waals surface area contributed by atoms with Gasteiger partial charge in [-0.25, -0.2) is 4.98 Å². The monoisotopic (exact) mass is 390 g/mol. The quantitative estimate of drug-likeness (QED) is 0.582. The van der Waals surface area contributed by atoms with Gasteiger partial charge in [0.2, 0.25) is 0 Å². The Hall–Kier alpha value is -1.64. The Kier molecular flexibility index (Phi) is 3.87. The maximum atomic E-state index is 12.1. The van der Waals surface area contributed by atoms with Gasteiger partial charge in [-0.15, -0.1) is 0 Å². The van der Waals surface area contributed by atoms with Crippen LogP contribution >= 0.6 is 0 Å². The zero-order valence-corrected chi connectivity index (χ0v) is 17.9. The zero-order chi connectivity index (χ0) is 19.8. The van der Waals surface area contributed by atoms with Crippen LogP contribution in [0.25, 0.3) is 11.0 Å². The third-order valence-corrected chi connectivity index (χ3v) is 10.2. The molecule has 4 aliphatic carbocycles. The van der Waals surface area contributed by atoms with E-state index in [2.05, 4.69) is 49.0 Å². The standard InChI is InChI=1S/C26H34N2O/c1-25-13-11-18(29)15-17(25)7-8-19-20-9-10-24(26(20,2)14-12-21(19)25)28-16-27-22-5-3-4-6-23(22)28/h3-6,16-17,19-21,24H,7-15H2,1-2H3/t17?,19?,20?,21?,24?,25?,26-/m0/s1. The van der Waals surface area contributed by atoms with Crippen molar-refractivity contribution >= 4 is 16.8 Å². The number of ketones is 1. The molecule has 2 aromatic rings. The highest BCUT2D eigenvalue weighted by Gasteiger charge is 2.60. The van der Waals surface area contributed by atoms with Crippen molar-refractivity contribution < 1.29 is 4.79 Å². The number of nitrogens with zero attached hydrogens (tertiary/aromatic N) is 2. The van der Waals surface area contributed by atoms with Gasteiger partial charge in [0.15, 0.2) is 0 Å². The first kappa shape index (κ1) is 18.2. The molecule has 29 heavy (non-hydrogen) atoms. The molecule has 7 atom stereocenters. The number of hydrogen-bond acceptors (Lipinski definition) is 2. The average molecular weight is 391 g/mol. The van der Waals surface area contributed by atoms with Crippen LogP contribution in [0.1, 0.15) is 77.7 Å². The summed E-state index contributed by atoms with van der Waals surface area (Å²) in [6.45, 7) is 5.15. The lowest BCUT2D eigenvalue weighted by Gasteiger charge is -2.60. The van der Waals surface area contributed by atoms with Gasteiger partial charge in [0.25, 0.3) is 0 Å². The molecule has 0 radical (unpaired) electrons. The molecule has 1 aromatic carbocycles. The lowest BCUT2D eigenvalue weighted by Crippen LogP contribution is -2.53. The summed E-state index contributed by atoms with van der Waals surface area (Å²) in [5, 5.41) is 0. The Morgan fingerprint density at radius 2 is 1.79 bits per heavy atom. The predicted molar refractivity (Wildman–Crippen MR) is 116 cm³/mol. The first-order valence-electron chi connectivity index (χ1n) is 11.9. The number of hydrogen-bond donors (Lipinski definition) is 0. The van der Waals surface area contributed by atoms with Crippen LogP contribution < -0.4 is 0 Å². The summed E-state index contributed by atoms with van der Waals surface area (Å²) in [5.41, 5.74) is 3.24. The maximum Gasteiger partial charge on any atom is 0.133 e. The molecular weight excluding hydrogens is 356 g/mol. The minimum atomic E-state index is 0.387. The summed E-state index contributed by atoms with van der Waals surface area (Å²) < 4.78 is 2.52. The van der Waals surface area contributed by atoms with E-state index in [-0.39, 0.29) is 0 Å². The third-order valence-electron chi connectivity index (χ3n) is 10.2. The summed E-state index contributed by atoms with van der Waals surface area (Å²) in [4.78, 5) is 16.8. The second-order valence-corrected chi connectivity index (χ2v) is 11.2. The molecule has 4 aliphatic rings. The second-order valence-electron chi connectivity index (χ2n) is 11.2. The van der Waals surface area contributed by atoms with E-state index in [9.17, 15) is 4.79 Å². The van der Waals surface area contributed by atoms with Crippen LogP contribution in [0.5, 0.6) is 0 Å². The second kappa shape index (κ2) is 6.18. The van der Waals surface area contributed by atoms with E-state index in [1.165, 1.54) is 44.0 Å². The molecule has 0 N–H and O–H groups in total. The number of carbonyl (C=O) groups is 1. The number of fused-ring (bicyclic) bond motifs is 6. The Labute approximate surface area is 174 Å². The molecule has 0 aliphatic heterocycles. The van der Waals surface area contributed by atoms with Gasteiger partial charge in [0.05, 0.1) is 17.4 Å². The number of carbonyl (C=O) groups excluding carboxylic acids is 1. The normalized spacial score (nSPS) is 44.3. The van der Waals surface area contributed by atoms with Gasteiger partial charge in [-0.1, -0.05) is 26.0 Å². The molecule has 4 saturated carbocycles. The van der Waals surface area contributed by atoms with Gasteiger partial charge in [0, 0.05) is 18.9 Å². The number of rotatable bonds is 1. The average Bonchev–Trinajstić information content (AvgIpc) is 3.29. The van der Waals surface area contributed by atoms with Gasteiger partial charge in [0.1, 0.15) is 5.78 Å². The van der Waals surface area contributed by atoms with E-state index in [4.69, 9.17) is 4.98 Å². The summed E-state index contributed by atoms with van der Waals surface area (Å²) in [7, 11) is 0. The number of benzene rings is 1. The molecule has 0 amide bonds. The van der Waals surface area contributed by atoms with E-state index < -0.39 is 0 Å². The summed E-state index contributed by atoms with van der Waals surface area (Å²) >= 11 is 0. The molecule has 6 rings (SSSR count). The Bertz CT molecular complexity index is 963. The lowest BCUT2D eigenvalue weighted by molar-refractivity contribution is -0.139. The largest absolute Gasteiger partial charge is 0.327 e. The SMILES string of the molecule is CC12CCC(=O)CC1CCC1C2CC[C@@]2(C)C1CCC2n1cnc2ccccc21. The van der Waals surface area contributed by atoms with E-state index >= 15 is 0 Å². The predicted octanol–water partition coefficient (Wildman–Crippen LogP) is 6.19. The van der Waals surface area contributed by atoms with Crippen molar-refractivity contribution in [3.05, 3.63) is 30.6 Å².